The molecule has 1 aromatic heterocycles. The van der Waals surface area contributed by atoms with Crippen molar-refractivity contribution in [3.63, 3.8) is 0 Å². The summed E-state index contributed by atoms with van der Waals surface area (Å²) in [4.78, 5) is 33.5. The maximum absolute atomic E-state index is 13.7. The highest BCUT2D eigenvalue weighted by molar-refractivity contribution is 6.02. The van der Waals surface area contributed by atoms with Gasteiger partial charge in [0.15, 0.2) is 6.04 Å². The zero-order valence-corrected chi connectivity index (χ0v) is 18.3. The Morgan fingerprint density at radius 1 is 1.06 bits per heavy atom. The summed E-state index contributed by atoms with van der Waals surface area (Å²) < 4.78 is 7.31. The molecule has 0 radical (unpaired) electrons. The maximum atomic E-state index is 13.7. The smallest absolute Gasteiger partial charge is 0.251 e. The third-order valence-electron chi connectivity index (χ3n) is 6.56. The number of carbonyl (C=O) groups is 2. The Balaban J connectivity index is 1.60. The number of para-hydroxylation sites is 2. The molecule has 166 valence electrons. The minimum Gasteiger partial charge on any atom is -0.497 e. The van der Waals surface area contributed by atoms with E-state index < -0.39 is 6.04 Å². The highest BCUT2D eigenvalue weighted by Gasteiger charge is 2.39. The first-order valence-electron chi connectivity index (χ1n) is 11.4. The largest absolute Gasteiger partial charge is 0.497 e. The lowest BCUT2D eigenvalue weighted by atomic mass is 9.95. The molecule has 1 fully saturated rings. The third kappa shape index (κ3) is 3.72. The number of aromatic nitrogens is 2. The average Bonchev–Trinajstić information content (AvgIpc) is 3.12. The van der Waals surface area contributed by atoms with Gasteiger partial charge in [0.1, 0.15) is 11.6 Å². The molecule has 1 atom stereocenters. The quantitative estimate of drug-likeness (QED) is 0.677. The van der Waals surface area contributed by atoms with E-state index in [9.17, 15) is 9.59 Å². The first-order valence-corrected chi connectivity index (χ1v) is 11.4. The van der Waals surface area contributed by atoms with Crippen LogP contribution in [0, 0.1) is 0 Å². The second kappa shape index (κ2) is 8.65. The normalized spacial score (nSPS) is 19.5. The van der Waals surface area contributed by atoms with Crippen molar-refractivity contribution < 1.29 is 14.3 Å². The maximum Gasteiger partial charge on any atom is 0.251 e. The van der Waals surface area contributed by atoms with Crippen molar-refractivity contribution in [3.05, 3.63) is 54.4 Å². The molecule has 0 bridgehead atoms. The fourth-order valence-corrected chi connectivity index (χ4v) is 4.92. The molecule has 2 amide bonds. The number of nitrogens with one attached hydrogen (secondary N) is 1. The van der Waals surface area contributed by atoms with Crippen molar-refractivity contribution >= 4 is 28.5 Å². The van der Waals surface area contributed by atoms with E-state index in [2.05, 4.69) is 5.32 Å². The molecule has 1 unspecified atom stereocenters. The number of benzene rings is 2. The molecule has 5 rings (SSSR count). The molecule has 1 N–H and O–H groups in total. The lowest BCUT2D eigenvalue weighted by Gasteiger charge is -2.31. The standard InChI is InChI=1S/C25H28N4O3/c1-32-19-13-11-18(12-14-19)29-22(30)15-16-28-21-10-6-5-9-20(21)27-24(28)23(29)25(31)26-17-7-3-2-4-8-17/h5-6,9-14,17,23H,2-4,7-8,15-16H2,1H3,(H,26,31). The molecule has 3 aromatic rings. The van der Waals surface area contributed by atoms with Gasteiger partial charge in [-0.2, -0.15) is 0 Å². The molecule has 1 aliphatic carbocycles. The first-order chi connectivity index (χ1) is 15.7. The number of fused-ring (bicyclic) bond motifs is 3. The van der Waals surface area contributed by atoms with Crippen LogP contribution in [0.25, 0.3) is 11.0 Å². The summed E-state index contributed by atoms with van der Waals surface area (Å²) in [7, 11) is 1.61. The minimum atomic E-state index is -0.826. The van der Waals surface area contributed by atoms with Crippen LogP contribution in [0.3, 0.4) is 0 Å². The minimum absolute atomic E-state index is 0.0893. The van der Waals surface area contributed by atoms with Crippen LogP contribution in [0.15, 0.2) is 48.5 Å². The number of imidazole rings is 1. The number of ether oxygens (including phenoxy) is 1. The summed E-state index contributed by atoms with van der Waals surface area (Å²) in [6.45, 7) is 0.495. The molecule has 1 aliphatic heterocycles. The van der Waals surface area contributed by atoms with Gasteiger partial charge < -0.3 is 14.6 Å². The summed E-state index contributed by atoms with van der Waals surface area (Å²) in [5, 5.41) is 3.23. The molecular weight excluding hydrogens is 404 g/mol. The highest BCUT2D eigenvalue weighted by Crippen LogP contribution is 2.34. The predicted molar refractivity (Wildman–Crippen MR) is 123 cm³/mol. The Morgan fingerprint density at radius 2 is 1.81 bits per heavy atom. The number of amides is 2. The Bertz CT molecular complexity index is 1130. The number of aryl methyl sites for hydroxylation is 1. The van der Waals surface area contributed by atoms with Crippen LogP contribution in [0.5, 0.6) is 5.75 Å². The van der Waals surface area contributed by atoms with Crippen LogP contribution in [0.1, 0.15) is 50.4 Å². The second-order valence-corrected chi connectivity index (χ2v) is 8.57. The molecule has 0 saturated heterocycles. The predicted octanol–water partition coefficient (Wildman–Crippen LogP) is 3.97. The third-order valence-corrected chi connectivity index (χ3v) is 6.56. The van der Waals surface area contributed by atoms with E-state index in [1.165, 1.54) is 6.42 Å². The summed E-state index contributed by atoms with van der Waals surface area (Å²) in [5.41, 5.74) is 2.45. The van der Waals surface area contributed by atoms with Crippen LogP contribution in [0.2, 0.25) is 0 Å². The molecule has 7 nitrogen and oxygen atoms in total. The highest BCUT2D eigenvalue weighted by atomic mass is 16.5. The van der Waals surface area contributed by atoms with E-state index in [1.807, 2.05) is 53.1 Å². The molecule has 32 heavy (non-hydrogen) atoms. The van der Waals surface area contributed by atoms with Gasteiger partial charge in [-0.05, 0) is 49.2 Å². The van der Waals surface area contributed by atoms with E-state index in [0.29, 0.717) is 30.2 Å². The van der Waals surface area contributed by atoms with Crippen LogP contribution in [0.4, 0.5) is 5.69 Å². The van der Waals surface area contributed by atoms with Crippen molar-refractivity contribution in [1.29, 1.82) is 0 Å². The van der Waals surface area contributed by atoms with Crippen LogP contribution >= 0.6 is 0 Å². The lowest BCUT2D eigenvalue weighted by molar-refractivity contribution is -0.127. The summed E-state index contributed by atoms with van der Waals surface area (Å²) in [5.74, 6) is 1.06. The van der Waals surface area contributed by atoms with E-state index in [-0.39, 0.29) is 17.9 Å². The molecule has 2 heterocycles. The van der Waals surface area contributed by atoms with Crippen LogP contribution in [-0.4, -0.2) is 34.5 Å². The zero-order chi connectivity index (χ0) is 22.1. The summed E-state index contributed by atoms with van der Waals surface area (Å²) in [6.07, 6.45) is 5.70. The van der Waals surface area contributed by atoms with Gasteiger partial charge in [0.2, 0.25) is 5.91 Å². The van der Waals surface area contributed by atoms with Gasteiger partial charge in [0, 0.05) is 24.7 Å². The average molecular weight is 433 g/mol. The van der Waals surface area contributed by atoms with Gasteiger partial charge >= 0.3 is 0 Å². The fraction of sp³-hybridized carbons (Fsp3) is 0.400. The first kappa shape index (κ1) is 20.5. The SMILES string of the molecule is COc1ccc(N2C(=O)CCn3c(nc4ccccc43)C2C(=O)NC2CCCCC2)cc1. The molecule has 0 spiro atoms. The van der Waals surface area contributed by atoms with Crippen LogP contribution in [-0.2, 0) is 16.1 Å². The van der Waals surface area contributed by atoms with Gasteiger partial charge in [-0.15, -0.1) is 0 Å². The Hall–Kier alpha value is -3.35. The van der Waals surface area contributed by atoms with Gasteiger partial charge in [0.25, 0.3) is 5.91 Å². The second-order valence-electron chi connectivity index (χ2n) is 8.57. The van der Waals surface area contributed by atoms with Crippen molar-refractivity contribution in [1.82, 2.24) is 14.9 Å². The number of hydrogen-bond acceptors (Lipinski definition) is 4. The van der Waals surface area contributed by atoms with Gasteiger partial charge in [-0.3, -0.25) is 14.5 Å². The van der Waals surface area contributed by atoms with E-state index >= 15 is 0 Å². The number of carbonyl (C=O) groups excluding carboxylic acids is 2. The van der Waals surface area contributed by atoms with Gasteiger partial charge in [0.05, 0.1) is 18.1 Å². The lowest BCUT2D eigenvalue weighted by Crippen LogP contribution is -2.47. The number of hydrogen-bond donors (Lipinski definition) is 1. The van der Waals surface area contributed by atoms with Crippen molar-refractivity contribution in [2.24, 2.45) is 0 Å². The topological polar surface area (TPSA) is 76.5 Å². The van der Waals surface area contributed by atoms with Crippen molar-refractivity contribution in [2.45, 2.75) is 57.2 Å². The van der Waals surface area contributed by atoms with Gasteiger partial charge in [-0.25, -0.2) is 4.98 Å². The summed E-state index contributed by atoms with van der Waals surface area (Å²) >= 11 is 0. The molecule has 2 aromatic carbocycles. The van der Waals surface area contributed by atoms with E-state index in [0.717, 1.165) is 36.7 Å². The Morgan fingerprint density at radius 3 is 2.56 bits per heavy atom. The molecule has 7 heteroatoms. The van der Waals surface area contributed by atoms with Crippen LogP contribution < -0.4 is 15.0 Å². The fourth-order valence-electron chi connectivity index (χ4n) is 4.92. The van der Waals surface area contributed by atoms with E-state index in [4.69, 9.17) is 9.72 Å². The Kier molecular flexibility index (Phi) is 5.55. The van der Waals surface area contributed by atoms with E-state index in [1.54, 1.807) is 12.0 Å². The van der Waals surface area contributed by atoms with Gasteiger partial charge in [-0.1, -0.05) is 31.4 Å². The molecular formula is C25H28N4O3. The number of nitrogens with zero attached hydrogens (tertiary/aromatic N) is 3. The molecule has 2 aliphatic rings. The van der Waals surface area contributed by atoms with Crippen molar-refractivity contribution in [2.75, 3.05) is 12.0 Å². The Labute approximate surface area is 187 Å². The zero-order valence-electron chi connectivity index (χ0n) is 18.3. The number of methoxy groups -OCH3 is 1. The molecule has 1 saturated carbocycles. The monoisotopic (exact) mass is 432 g/mol. The number of anilines is 1. The summed E-state index contributed by atoms with van der Waals surface area (Å²) in [6, 6.07) is 14.5. The number of rotatable bonds is 4. The van der Waals surface area contributed by atoms with Crippen molar-refractivity contribution in [3.8, 4) is 5.75 Å².